The lowest BCUT2D eigenvalue weighted by atomic mass is 10.1. The summed E-state index contributed by atoms with van der Waals surface area (Å²) in [6, 6.07) is 15.4. The van der Waals surface area contributed by atoms with E-state index >= 15 is 0 Å². The maximum Gasteiger partial charge on any atom is 0.261 e. The Hall–Kier alpha value is -2.39. The lowest BCUT2D eigenvalue weighted by Crippen LogP contribution is -2.20. The minimum Gasteiger partial charge on any atom is -0.292 e. The van der Waals surface area contributed by atoms with Crippen molar-refractivity contribution in [3.8, 4) is 0 Å². The highest BCUT2D eigenvalue weighted by Crippen LogP contribution is 2.27. The van der Waals surface area contributed by atoms with Gasteiger partial charge in [0.1, 0.15) is 5.82 Å². The van der Waals surface area contributed by atoms with Crippen LogP contribution in [-0.4, -0.2) is 9.55 Å². The van der Waals surface area contributed by atoms with E-state index in [2.05, 4.69) is 23.2 Å². The summed E-state index contributed by atoms with van der Waals surface area (Å²) in [6.07, 6.45) is 2.92. The molecule has 0 atom stereocenters. The number of fused-ring (bicyclic) bond motifs is 2. The average molecular weight is 309 g/mol. The first-order valence-corrected chi connectivity index (χ1v) is 7.56. The van der Waals surface area contributed by atoms with Gasteiger partial charge in [0.05, 0.1) is 10.9 Å². The van der Waals surface area contributed by atoms with E-state index in [1.54, 1.807) is 22.8 Å². The van der Waals surface area contributed by atoms with Crippen LogP contribution in [0.3, 0.4) is 0 Å². The van der Waals surface area contributed by atoms with Crippen molar-refractivity contribution in [1.29, 1.82) is 0 Å². The first-order chi connectivity index (χ1) is 10.7. The van der Waals surface area contributed by atoms with Gasteiger partial charge in [0, 0.05) is 11.6 Å². The molecule has 0 saturated carbocycles. The lowest BCUT2D eigenvalue weighted by Gasteiger charge is -2.05. The molecule has 3 nitrogen and oxygen atoms in total. The van der Waals surface area contributed by atoms with Gasteiger partial charge in [-0.25, -0.2) is 4.98 Å². The Kier molecular flexibility index (Phi) is 3.09. The highest BCUT2D eigenvalue weighted by atomic mass is 35.5. The zero-order chi connectivity index (χ0) is 15.1. The van der Waals surface area contributed by atoms with Crippen LogP contribution in [0.25, 0.3) is 22.6 Å². The molecular formula is C18H13ClN2O. The SMILES string of the molecule is O=c1c2cc(Cl)ccc2nc2n1CCC2=Cc1ccccc1. The first-order valence-electron chi connectivity index (χ1n) is 7.18. The first kappa shape index (κ1) is 13.3. The van der Waals surface area contributed by atoms with Crippen LogP contribution in [-0.2, 0) is 6.54 Å². The molecule has 0 bridgehead atoms. The maximum atomic E-state index is 12.6. The van der Waals surface area contributed by atoms with Gasteiger partial charge in [0.2, 0.25) is 0 Å². The smallest absolute Gasteiger partial charge is 0.261 e. The molecule has 0 radical (unpaired) electrons. The highest BCUT2D eigenvalue weighted by Gasteiger charge is 2.20. The maximum absolute atomic E-state index is 12.6. The summed E-state index contributed by atoms with van der Waals surface area (Å²) in [5, 5.41) is 1.14. The largest absolute Gasteiger partial charge is 0.292 e. The molecule has 3 aromatic rings. The van der Waals surface area contributed by atoms with Gasteiger partial charge in [0.15, 0.2) is 0 Å². The summed E-state index contributed by atoms with van der Waals surface area (Å²) >= 11 is 5.99. The van der Waals surface area contributed by atoms with Gasteiger partial charge in [-0.2, -0.15) is 0 Å². The number of aromatic nitrogens is 2. The molecule has 4 heteroatoms. The van der Waals surface area contributed by atoms with Crippen molar-refractivity contribution < 1.29 is 0 Å². The van der Waals surface area contributed by atoms with Gasteiger partial charge in [-0.15, -0.1) is 0 Å². The van der Waals surface area contributed by atoms with Crippen LogP contribution < -0.4 is 5.56 Å². The normalized spacial score (nSPS) is 15.4. The Balaban J connectivity index is 1.92. The molecule has 4 rings (SSSR count). The van der Waals surface area contributed by atoms with Crippen molar-refractivity contribution in [2.45, 2.75) is 13.0 Å². The lowest BCUT2D eigenvalue weighted by molar-refractivity contribution is 0.725. The van der Waals surface area contributed by atoms with E-state index in [0.717, 1.165) is 23.4 Å². The minimum atomic E-state index is -0.0149. The molecule has 0 fully saturated rings. The number of halogens is 1. The zero-order valence-electron chi connectivity index (χ0n) is 11.8. The summed E-state index contributed by atoms with van der Waals surface area (Å²) in [6.45, 7) is 0.669. The van der Waals surface area contributed by atoms with Crippen LogP contribution in [0.15, 0.2) is 53.3 Å². The van der Waals surface area contributed by atoms with Crippen molar-refractivity contribution in [2.24, 2.45) is 0 Å². The second kappa shape index (κ2) is 5.11. The number of hydrogen-bond acceptors (Lipinski definition) is 2. The number of benzene rings is 2. The fraction of sp³-hybridized carbons (Fsp3) is 0.111. The summed E-state index contributed by atoms with van der Waals surface area (Å²) in [7, 11) is 0. The fourth-order valence-corrected chi connectivity index (χ4v) is 3.05. The highest BCUT2D eigenvalue weighted by molar-refractivity contribution is 6.31. The van der Waals surface area contributed by atoms with E-state index in [0.29, 0.717) is 22.5 Å². The molecule has 1 aliphatic rings. The van der Waals surface area contributed by atoms with Crippen LogP contribution >= 0.6 is 11.6 Å². The van der Waals surface area contributed by atoms with E-state index in [1.165, 1.54) is 0 Å². The number of nitrogens with zero attached hydrogens (tertiary/aromatic N) is 2. The third-order valence-electron chi connectivity index (χ3n) is 3.95. The van der Waals surface area contributed by atoms with E-state index in [1.807, 2.05) is 18.2 Å². The van der Waals surface area contributed by atoms with Gasteiger partial charge >= 0.3 is 0 Å². The predicted octanol–water partition coefficient (Wildman–Crippen LogP) is 3.99. The molecule has 2 heterocycles. The average Bonchev–Trinajstić information content (AvgIpc) is 2.93. The molecule has 1 aliphatic heterocycles. The Morgan fingerprint density at radius 2 is 1.95 bits per heavy atom. The molecule has 0 amide bonds. The Labute approximate surface area is 132 Å². The van der Waals surface area contributed by atoms with Crippen molar-refractivity contribution in [2.75, 3.05) is 0 Å². The van der Waals surface area contributed by atoms with Crippen molar-refractivity contribution >= 4 is 34.2 Å². The second-order valence-electron chi connectivity index (χ2n) is 5.38. The summed E-state index contributed by atoms with van der Waals surface area (Å²) in [5.41, 5.74) is 2.90. The molecule has 0 unspecified atom stereocenters. The Morgan fingerprint density at radius 3 is 2.77 bits per heavy atom. The third-order valence-corrected chi connectivity index (χ3v) is 4.18. The molecule has 0 spiro atoms. The Morgan fingerprint density at radius 1 is 1.14 bits per heavy atom. The van der Waals surface area contributed by atoms with Crippen LogP contribution in [0.5, 0.6) is 0 Å². The van der Waals surface area contributed by atoms with Gasteiger partial charge in [-0.05, 0) is 41.8 Å². The number of allylic oxidation sites excluding steroid dienone is 1. The van der Waals surface area contributed by atoms with Crippen LogP contribution in [0.1, 0.15) is 17.8 Å². The van der Waals surface area contributed by atoms with Crippen molar-refractivity contribution in [3.05, 3.63) is 75.3 Å². The van der Waals surface area contributed by atoms with Crippen molar-refractivity contribution in [3.63, 3.8) is 0 Å². The third kappa shape index (κ3) is 2.14. The van der Waals surface area contributed by atoms with Crippen LogP contribution in [0.2, 0.25) is 5.02 Å². The molecular weight excluding hydrogens is 296 g/mol. The molecule has 0 saturated heterocycles. The summed E-state index contributed by atoms with van der Waals surface area (Å²) < 4.78 is 1.74. The predicted molar refractivity (Wildman–Crippen MR) is 89.9 cm³/mol. The molecule has 0 aliphatic carbocycles. The monoisotopic (exact) mass is 308 g/mol. The van der Waals surface area contributed by atoms with Gasteiger partial charge < -0.3 is 0 Å². The zero-order valence-corrected chi connectivity index (χ0v) is 12.5. The van der Waals surface area contributed by atoms with Gasteiger partial charge in [-0.1, -0.05) is 41.9 Å². The Bertz CT molecular complexity index is 958. The summed E-state index contributed by atoms with van der Waals surface area (Å²) in [4.78, 5) is 17.3. The molecule has 2 aromatic carbocycles. The fourth-order valence-electron chi connectivity index (χ4n) is 2.88. The van der Waals surface area contributed by atoms with Gasteiger partial charge in [0.25, 0.3) is 5.56 Å². The minimum absolute atomic E-state index is 0.0149. The van der Waals surface area contributed by atoms with E-state index < -0.39 is 0 Å². The van der Waals surface area contributed by atoms with E-state index in [4.69, 9.17) is 11.6 Å². The molecule has 0 N–H and O–H groups in total. The topological polar surface area (TPSA) is 34.9 Å². The quantitative estimate of drug-likeness (QED) is 0.681. The second-order valence-corrected chi connectivity index (χ2v) is 5.82. The van der Waals surface area contributed by atoms with Crippen LogP contribution in [0, 0.1) is 0 Å². The van der Waals surface area contributed by atoms with E-state index in [-0.39, 0.29) is 5.56 Å². The number of hydrogen-bond donors (Lipinski definition) is 0. The standard InChI is InChI=1S/C18H13ClN2O/c19-14-6-7-16-15(11-14)18(22)21-9-8-13(17(21)20-16)10-12-4-2-1-3-5-12/h1-7,10-11H,8-9H2. The molecule has 22 heavy (non-hydrogen) atoms. The number of rotatable bonds is 1. The van der Waals surface area contributed by atoms with Crippen LogP contribution in [0.4, 0.5) is 0 Å². The molecule has 1 aromatic heterocycles. The molecule has 108 valence electrons. The summed E-state index contributed by atoms with van der Waals surface area (Å²) in [5.74, 6) is 0.767. The van der Waals surface area contributed by atoms with Gasteiger partial charge in [-0.3, -0.25) is 9.36 Å². The van der Waals surface area contributed by atoms with Crippen molar-refractivity contribution in [1.82, 2.24) is 9.55 Å². The van der Waals surface area contributed by atoms with E-state index in [9.17, 15) is 4.79 Å².